The number of aliphatic hydroxyl groups excluding tert-OH is 1. The summed E-state index contributed by atoms with van der Waals surface area (Å²) in [7, 11) is -3.87. The van der Waals surface area contributed by atoms with E-state index in [9.17, 15) is 13.2 Å². The number of hydrogen-bond acceptors (Lipinski definition) is 5. The second kappa shape index (κ2) is 4.77. The maximum atomic E-state index is 11.2. The van der Waals surface area contributed by atoms with Crippen LogP contribution in [-0.4, -0.2) is 38.4 Å². The van der Waals surface area contributed by atoms with Crippen molar-refractivity contribution in [1.29, 1.82) is 0 Å². The molecule has 1 amide bonds. The molecule has 0 aromatic carbocycles. The molecule has 1 saturated carbocycles. The van der Waals surface area contributed by atoms with E-state index in [2.05, 4.69) is 9.46 Å². The molecule has 1 fully saturated rings. The highest BCUT2D eigenvalue weighted by atomic mass is 32.2. The van der Waals surface area contributed by atoms with Gasteiger partial charge in [-0.1, -0.05) is 0 Å². The van der Waals surface area contributed by atoms with Crippen LogP contribution in [-0.2, 0) is 14.9 Å². The Morgan fingerprint density at radius 3 is 2.60 bits per heavy atom. The van der Waals surface area contributed by atoms with Crippen LogP contribution in [0.5, 0.6) is 0 Å². The van der Waals surface area contributed by atoms with Gasteiger partial charge in [0.05, 0.1) is 12.7 Å². The minimum absolute atomic E-state index is 0.101. The smallest absolute Gasteiger partial charge is 0.421 e. The molecule has 0 aliphatic heterocycles. The van der Waals surface area contributed by atoms with Gasteiger partial charge in [0, 0.05) is 6.04 Å². The first-order valence-electron chi connectivity index (χ1n) is 4.58. The third-order valence-electron chi connectivity index (χ3n) is 1.93. The fraction of sp³-hybridized carbons (Fsp3) is 0.857. The molecule has 1 aliphatic rings. The van der Waals surface area contributed by atoms with Gasteiger partial charge in [-0.25, -0.2) is 9.52 Å². The topological polar surface area (TPSA) is 105 Å². The van der Waals surface area contributed by atoms with E-state index in [0.29, 0.717) is 12.8 Å². The number of hydrogen-bond donors (Lipinski definition) is 3. The number of carbonyl (C=O) groups excluding carboxylic acids is 1. The van der Waals surface area contributed by atoms with Crippen molar-refractivity contribution in [2.75, 3.05) is 6.61 Å². The standard InChI is InChI=1S/C7H14N2O5S/c1-2-14-7(11)9-15(12,13)8-5-3-6(10)4-5/h5-6,8,10H,2-4H2,1H3,(H,9,11). The molecular weight excluding hydrogens is 224 g/mol. The molecule has 1 rings (SSSR count). The van der Waals surface area contributed by atoms with Crippen molar-refractivity contribution < 1.29 is 23.1 Å². The maximum absolute atomic E-state index is 11.2. The molecule has 0 radical (unpaired) electrons. The summed E-state index contributed by atoms with van der Waals surface area (Å²) in [6, 6.07) is -0.313. The summed E-state index contributed by atoms with van der Waals surface area (Å²) in [6.07, 6.45) is -0.738. The van der Waals surface area contributed by atoms with Crippen LogP contribution in [0.25, 0.3) is 0 Å². The summed E-state index contributed by atoms with van der Waals surface area (Å²) in [5, 5.41) is 8.93. The Balaban J connectivity index is 2.35. The lowest BCUT2D eigenvalue weighted by Crippen LogP contribution is -2.51. The van der Waals surface area contributed by atoms with Gasteiger partial charge in [0.15, 0.2) is 0 Å². The van der Waals surface area contributed by atoms with Gasteiger partial charge in [-0.15, -0.1) is 0 Å². The highest BCUT2D eigenvalue weighted by Crippen LogP contribution is 2.19. The minimum Gasteiger partial charge on any atom is -0.449 e. The molecule has 0 aromatic heterocycles. The first-order chi connectivity index (χ1) is 6.93. The van der Waals surface area contributed by atoms with E-state index in [1.54, 1.807) is 11.6 Å². The third-order valence-corrected chi connectivity index (χ3v) is 3.01. The van der Waals surface area contributed by atoms with Gasteiger partial charge in [-0.2, -0.15) is 13.1 Å². The lowest BCUT2D eigenvalue weighted by molar-refractivity contribution is 0.0711. The summed E-state index contributed by atoms with van der Waals surface area (Å²) in [4.78, 5) is 10.8. The van der Waals surface area contributed by atoms with Crippen LogP contribution in [0.2, 0.25) is 0 Å². The Bertz CT molecular complexity index is 322. The SMILES string of the molecule is CCOC(=O)NS(=O)(=O)NC1CC(O)C1. The van der Waals surface area contributed by atoms with Crippen LogP contribution in [0.3, 0.4) is 0 Å². The predicted molar refractivity (Wildman–Crippen MR) is 51.2 cm³/mol. The average molecular weight is 238 g/mol. The second-order valence-electron chi connectivity index (χ2n) is 3.27. The Morgan fingerprint density at radius 1 is 1.53 bits per heavy atom. The van der Waals surface area contributed by atoms with Crippen LogP contribution in [0.4, 0.5) is 4.79 Å². The first kappa shape index (κ1) is 12.2. The Labute approximate surface area is 88.0 Å². The zero-order valence-electron chi connectivity index (χ0n) is 8.26. The molecule has 0 aromatic rings. The third kappa shape index (κ3) is 4.02. The number of carbonyl (C=O) groups is 1. The van der Waals surface area contributed by atoms with Crippen molar-refractivity contribution >= 4 is 16.3 Å². The van der Waals surface area contributed by atoms with Crippen molar-refractivity contribution in [2.45, 2.75) is 31.9 Å². The molecule has 0 saturated heterocycles. The van der Waals surface area contributed by atoms with Crippen LogP contribution < -0.4 is 9.44 Å². The molecule has 15 heavy (non-hydrogen) atoms. The predicted octanol–water partition coefficient (Wildman–Crippen LogP) is -0.910. The van der Waals surface area contributed by atoms with Crippen molar-refractivity contribution in [3.63, 3.8) is 0 Å². The quantitative estimate of drug-likeness (QED) is 0.588. The molecule has 0 bridgehead atoms. The summed E-state index contributed by atoms with van der Waals surface area (Å²) < 4.78 is 30.8. The number of aliphatic hydroxyl groups is 1. The zero-order chi connectivity index (χ0) is 11.5. The monoisotopic (exact) mass is 238 g/mol. The molecule has 0 spiro atoms. The van der Waals surface area contributed by atoms with E-state index in [4.69, 9.17) is 5.11 Å². The van der Waals surface area contributed by atoms with Gasteiger partial charge in [-0.05, 0) is 19.8 Å². The minimum atomic E-state index is -3.87. The fourth-order valence-electron chi connectivity index (χ4n) is 1.20. The van der Waals surface area contributed by atoms with E-state index >= 15 is 0 Å². The molecule has 7 nitrogen and oxygen atoms in total. The second-order valence-corrected chi connectivity index (χ2v) is 4.71. The van der Waals surface area contributed by atoms with Gasteiger partial charge in [-0.3, -0.25) is 0 Å². The molecule has 8 heteroatoms. The van der Waals surface area contributed by atoms with Gasteiger partial charge in [0.2, 0.25) is 0 Å². The van der Waals surface area contributed by atoms with E-state index < -0.39 is 22.4 Å². The lowest BCUT2D eigenvalue weighted by Gasteiger charge is -2.31. The van der Waals surface area contributed by atoms with Crippen LogP contribution in [0.1, 0.15) is 19.8 Å². The van der Waals surface area contributed by atoms with Gasteiger partial charge in [0.1, 0.15) is 0 Å². The summed E-state index contributed by atoms with van der Waals surface area (Å²) in [5.41, 5.74) is 0. The van der Waals surface area contributed by atoms with Crippen molar-refractivity contribution in [3.05, 3.63) is 0 Å². The molecule has 0 atom stereocenters. The van der Waals surface area contributed by atoms with Crippen molar-refractivity contribution in [3.8, 4) is 0 Å². The summed E-state index contributed by atoms with van der Waals surface area (Å²) >= 11 is 0. The van der Waals surface area contributed by atoms with Crippen LogP contribution in [0, 0.1) is 0 Å². The van der Waals surface area contributed by atoms with E-state index in [1.165, 1.54) is 0 Å². The summed E-state index contributed by atoms with van der Waals surface area (Å²) in [6.45, 7) is 1.67. The Hall–Kier alpha value is -0.860. The van der Waals surface area contributed by atoms with E-state index in [0.717, 1.165) is 0 Å². The van der Waals surface area contributed by atoms with Crippen molar-refractivity contribution in [1.82, 2.24) is 9.44 Å². The fourth-order valence-corrected chi connectivity index (χ4v) is 2.17. The molecule has 3 N–H and O–H groups in total. The molecule has 0 unspecified atom stereocenters. The number of nitrogens with one attached hydrogen (secondary N) is 2. The van der Waals surface area contributed by atoms with Gasteiger partial charge >= 0.3 is 16.3 Å². The normalized spacial score (nSPS) is 25.5. The van der Waals surface area contributed by atoms with Crippen molar-refractivity contribution in [2.24, 2.45) is 0 Å². The molecule has 1 aliphatic carbocycles. The highest BCUT2D eigenvalue weighted by molar-refractivity contribution is 7.88. The molecule has 0 heterocycles. The van der Waals surface area contributed by atoms with E-state index in [1.807, 2.05) is 0 Å². The van der Waals surface area contributed by atoms with Crippen LogP contribution >= 0.6 is 0 Å². The highest BCUT2D eigenvalue weighted by Gasteiger charge is 2.31. The lowest BCUT2D eigenvalue weighted by atomic mass is 9.91. The maximum Gasteiger partial charge on any atom is 0.421 e. The van der Waals surface area contributed by atoms with Gasteiger partial charge < -0.3 is 9.84 Å². The molecule has 88 valence electrons. The number of amides is 1. The zero-order valence-corrected chi connectivity index (χ0v) is 9.08. The Kier molecular flexibility index (Phi) is 3.89. The van der Waals surface area contributed by atoms with Crippen LogP contribution in [0.15, 0.2) is 0 Å². The number of rotatable bonds is 4. The Morgan fingerprint density at radius 2 is 2.13 bits per heavy atom. The molecular formula is C7H14N2O5S. The summed E-state index contributed by atoms with van der Waals surface area (Å²) in [5.74, 6) is 0. The first-order valence-corrected chi connectivity index (χ1v) is 6.06. The van der Waals surface area contributed by atoms with Gasteiger partial charge in [0.25, 0.3) is 0 Å². The average Bonchev–Trinajstić information content (AvgIpc) is 1.99. The largest absolute Gasteiger partial charge is 0.449 e. The number of ether oxygens (including phenoxy) is 1. The van der Waals surface area contributed by atoms with E-state index in [-0.39, 0.29) is 12.6 Å².